The summed E-state index contributed by atoms with van der Waals surface area (Å²) in [5.41, 5.74) is 1.16. The summed E-state index contributed by atoms with van der Waals surface area (Å²) in [7, 11) is 0. The molecule has 1 fully saturated rings. The maximum absolute atomic E-state index is 13.5. The number of ether oxygens (including phenoxy) is 1. The van der Waals surface area contributed by atoms with Crippen molar-refractivity contribution in [2.24, 2.45) is 0 Å². The first kappa shape index (κ1) is 18.9. The van der Waals surface area contributed by atoms with Gasteiger partial charge in [-0.05, 0) is 31.5 Å². The van der Waals surface area contributed by atoms with Crippen LogP contribution in [0.4, 0.5) is 4.39 Å². The van der Waals surface area contributed by atoms with Crippen LogP contribution in [0.3, 0.4) is 0 Å². The van der Waals surface area contributed by atoms with Gasteiger partial charge in [0, 0.05) is 13.0 Å². The van der Waals surface area contributed by atoms with Crippen LogP contribution in [0.5, 0.6) is 0 Å². The number of hydrogen-bond acceptors (Lipinski definition) is 6. The molecular weight excluding hydrogens is 359 g/mol. The zero-order valence-corrected chi connectivity index (χ0v) is 15.3. The first-order valence-electron chi connectivity index (χ1n) is 8.30. The molecule has 0 unspecified atom stereocenters. The van der Waals surface area contributed by atoms with Gasteiger partial charge in [0.1, 0.15) is 22.4 Å². The molecule has 0 aliphatic carbocycles. The number of aliphatic hydroxyl groups excluding tert-OH is 1. The lowest BCUT2D eigenvalue weighted by atomic mass is 9.82. The minimum Gasteiger partial charge on any atom is -0.387 e. The molecule has 26 heavy (non-hydrogen) atoms. The van der Waals surface area contributed by atoms with E-state index in [0.29, 0.717) is 16.1 Å². The summed E-state index contributed by atoms with van der Waals surface area (Å²) in [5, 5.41) is 24.0. The predicted molar refractivity (Wildman–Crippen MR) is 94.4 cm³/mol. The quantitative estimate of drug-likeness (QED) is 0.754. The Morgan fingerprint density at radius 2 is 2.31 bits per heavy atom. The second kappa shape index (κ2) is 7.40. The summed E-state index contributed by atoms with van der Waals surface area (Å²) in [5.74, 6) is -0.755. The number of amides is 1. The molecule has 0 radical (unpaired) electrons. The molecule has 1 aromatic carbocycles. The highest BCUT2D eigenvalue weighted by molar-refractivity contribution is 7.11. The Labute approximate surface area is 154 Å². The number of hydrogen-bond donors (Lipinski definition) is 3. The van der Waals surface area contributed by atoms with Crippen LogP contribution in [0.1, 0.15) is 40.4 Å². The van der Waals surface area contributed by atoms with Crippen molar-refractivity contribution >= 4 is 17.2 Å². The zero-order chi connectivity index (χ0) is 18.9. The molecule has 0 bridgehead atoms. The first-order valence-corrected chi connectivity index (χ1v) is 9.18. The number of halogens is 1. The molecule has 4 atom stereocenters. The van der Waals surface area contributed by atoms with E-state index in [9.17, 15) is 19.4 Å². The van der Waals surface area contributed by atoms with Crippen molar-refractivity contribution in [3.63, 3.8) is 0 Å². The van der Waals surface area contributed by atoms with Crippen molar-refractivity contribution in [2.75, 3.05) is 6.54 Å². The van der Waals surface area contributed by atoms with Gasteiger partial charge < -0.3 is 20.3 Å². The van der Waals surface area contributed by atoms with Gasteiger partial charge in [-0.25, -0.2) is 9.37 Å². The van der Waals surface area contributed by atoms with Crippen molar-refractivity contribution in [3.05, 3.63) is 51.7 Å². The van der Waals surface area contributed by atoms with Crippen molar-refractivity contribution in [1.82, 2.24) is 10.3 Å². The van der Waals surface area contributed by atoms with E-state index in [2.05, 4.69) is 10.3 Å². The molecule has 6 nitrogen and oxygen atoms in total. The maximum Gasteiger partial charge on any atom is 0.263 e. The third-order valence-corrected chi connectivity index (χ3v) is 5.57. The molecule has 2 heterocycles. The highest BCUT2D eigenvalue weighted by Gasteiger charge is 2.47. The number of rotatable bonds is 4. The van der Waals surface area contributed by atoms with Crippen molar-refractivity contribution in [2.45, 2.75) is 44.2 Å². The Hall–Kier alpha value is -1.87. The first-order chi connectivity index (χ1) is 12.3. The molecule has 1 aliphatic rings. The van der Waals surface area contributed by atoms with Crippen molar-refractivity contribution in [3.8, 4) is 0 Å². The van der Waals surface area contributed by atoms with E-state index < -0.39 is 29.7 Å². The van der Waals surface area contributed by atoms with E-state index in [0.717, 1.165) is 0 Å². The fourth-order valence-corrected chi connectivity index (χ4v) is 3.89. The second-order valence-electron chi connectivity index (χ2n) is 6.59. The Kier molecular flexibility index (Phi) is 5.38. The number of benzene rings is 1. The lowest BCUT2D eigenvalue weighted by Gasteiger charge is -2.44. The van der Waals surface area contributed by atoms with Gasteiger partial charge in [0.15, 0.2) is 0 Å². The number of nitrogens with one attached hydrogen (secondary N) is 1. The summed E-state index contributed by atoms with van der Waals surface area (Å²) in [6.45, 7) is 3.21. The average Bonchev–Trinajstić information content (AvgIpc) is 3.03. The van der Waals surface area contributed by atoms with Gasteiger partial charge in [-0.1, -0.05) is 12.1 Å². The van der Waals surface area contributed by atoms with E-state index in [1.165, 1.54) is 23.5 Å². The smallest absolute Gasteiger partial charge is 0.263 e. The zero-order valence-electron chi connectivity index (χ0n) is 14.5. The van der Waals surface area contributed by atoms with E-state index in [1.807, 2.05) is 0 Å². The molecule has 140 valence electrons. The maximum atomic E-state index is 13.5. The number of aryl methyl sites for hydroxylation is 1. The van der Waals surface area contributed by atoms with Crippen LogP contribution in [0.2, 0.25) is 0 Å². The molecule has 8 heteroatoms. The van der Waals surface area contributed by atoms with Gasteiger partial charge in [-0.3, -0.25) is 4.79 Å². The number of carbonyl (C=O) groups is 1. The lowest BCUT2D eigenvalue weighted by molar-refractivity contribution is -0.210. The standard InChI is InChI=1S/C18H21FN2O4S/c1-10-15(26-9-21-10)17(23)20-8-18(24)7-14(25-11(2)16(18)22)12-4-3-5-13(19)6-12/h3-6,9,11,14,16,22,24H,7-8H2,1-2H3,(H,20,23)/t11-,14-,16-,18-/m1/s1. The molecule has 1 amide bonds. The average molecular weight is 380 g/mol. The van der Waals surface area contributed by atoms with Gasteiger partial charge in [-0.15, -0.1) is 11.3 Å². The molecule has 0 spiro atoms. The van der Waals surface area contributed by atoms with Crippen LogP contribution in [0.15, 0.2) is 29.8 Å². The molecule has 2 aromatic rings. The van der Waals surface area contributed by atoms with Crippen LogP contribution in [0, 0.1) is 12.7 Å². The summed E-state index contributed by atoms with van der Waals surface area (Å²) in [4.78, 5) is 16.8. The van der Waals surface area contributed by atoms with Crippen LogP contribution in [-0.4, -0.2) is 45.5 Å². The molecule has 0 saturated carbocycles. The topological polar surface area (TPSA) is 91.7 Å². The SMILES string of the molecule is Cc1ncsc1C(=O)NC[C@]1(O)C[C@H](c2cccc(F)c2)O[C@H](C)[C@H]1O. The molecule has 1 aliphatic heterocycles. The van der Waals surface area contributed by atoms with Crippen molar-refractivity contribution in [1.29, 1.82) is 0 Å². The third-order valence-electron chi connectivity index (χ3n) is 4.64. The van der Waals surface area contributed by atoms with E-state index in [4.69, 9.17) is 4.74 Å². The summed E-state index contributed by atoms with van der Waals surface area (Å²) >= 11 is 1.21. The summed E-state index contributed by atoms with van der Waals surface area (Å²) < 4.78 is 19.2. The number of carbonyl (C=O) groups excluding carboxylic acids is 1. The molecule has 3 N–H and O–H groups in total. The summed E-state index contributed by atoms with van der Waals surface area (Å²) in [6, 6.07) is 5.94. The number of thiazole rings is 1. The monoisotopic (exact) mass is 380 g/mol. The Morgan fingerprint density at radius 3 is 2.96 bits per heavy atom. The van der Waals surface area contributed by atoms with Gasteiger partial charge in [0.25, 0.3) is 5.91 Å². The number of aliphatic hydroxyl groups is 2. The molecule has 3 rings (SSSR count). The number of nitrogens with zero attached hydrogens (tertiary/aromatic N) is 1. The van der Waals surface area contributed by atoms with Gasteiger partial charge in [-0.2, -0.15) is 0 Å². The van der Waals surface area contributed by atoms with Crippen LogP contribution >= 0.6 is 11.3 Å². The molecule has 1 aromatic heterocycles. The molecular formula is C18H21FN2O4S. The third kappa shape index (κ3) is 3.78. The van der Waals surface area contributed by atoms with E-state index in [1.54, 1.807) is 31.5 Å². The normalized spacial score (nSPS) is 28.7. The highest BCUT2D eigenvalue weighted by atomic mass is 32.1. The van der Waals surface area contributed by atoms with Crippen LogP contribution < -0.4 is 5.32 Å². The van der Waals surface area contributed by atoms with Crippen LogP contribution in [-0.2, 0) is 4.74 Å². The van der Waals surface area contributed by atoms with Crippen molar-refractivity contribution < 1.29 is 24.1 Å². The minimum atomic E-state index is -1.59. The lowest BCUT2D eigenvalue weighted by Crippen LogP contribution is -2.59. The van der Waals surface area contributed by atoms with Gasteiger partial charge in [0.05, 0.1) is 23.4 Å². The van der Waals surface area contributed by atoms with Gasteiger partial charge >= 0.3 is 0 Å². The minimum absolute atomic E-state index is 0.0317. The Morgan fingerprint density at radius 1 is 1.54 bits per heavy atom. The Bertz CT molecular complexity index is 799. The fraction of sp³-hybridized carbons (Fsp3) is 0.444. The predicted octanol–water partition coefficient (Wildman–Crippen LogP) is 1.96. The second-order valence-corrected chi connectivity index (χ2v) is 7.44. The fourth-order valence-electron chi connectivity index (χ4n) is 3.17. The van der Waals surface area contributed by atoms with Gasteiger partial charge in [0.2, 0.25) is 0 Å². The Balaban J connectivity index is 1.75. The molecule has 1 saturated heterocycles. The largest absolute Gasteiger partial charge is 0.387 e. The van der Waals surface area contributed by atoms with Crippen LogP contribution in [0.25, 0.3) is 0 Å². The van der Waals surface area contributed by atoms with E-state index in [-0.39, 0.29) is 18.9 Å². The summed E-state index contributed by atoms with van der Waals surface area (Å²) in [6.07, 6.45) is -2.42. The highest BCUT2D eigenvalue weighted by Crippen LogP contribution is 2.37. The number of aromatic nitrogens is 1. The van der Waals surface area contributed by atoms with E-state index >= 15 is 0 Å².